The molecule has 0 bridgehead atoms. The Morgan fingerprint density at radius 3 is 2.80 bits per heavy atom. The Kier molecular flexibility index (Phi) is 5.04. The van der Waals surface area contributed by atoms with Crippen molar-refractivity contribution in [1.82, 2.24) is 4.98 Å². The number of nitrogens with zero attached hydrogens (tertiary/aromatic N) is 1. The van der Waals surface area contributed by atoms with Crippen LogP contribution in [0.25, 0.3) is 0 Å². The van der Waals surface area contributed by atoms with Crippen molar-refractivity contribution in [3.8, 4) is 5.75 Å². The minimum atomic E-state index is -0.771. The number of ether oxygens (including phenoxy) is 2. The van der Waals surface area contributed by atoms with E-state index >= 15 is 0 Å². The van der Waals surface area contributed by atoms with Crippen molar-refractivity contribution < 1.29 is 14.3 Å². The van der Waals surface area contributed by atoms with Crippen LogP contribution in [0.15, 0.2) is 36.5 Å². The van der Waals surface area contributed by atoms with Crippen LogP contribution in [0, 0.1) is 0 Å². The van der Waals surface area contributed by atoms with Gasteiger partial charge in [0.25, 0.3) is 0 Å². The van der Waals surface area contributed by atoms with Crippen LogP contribution in [0.1, 0.15) is 10.4 Å². The number of aromatic nitrogens is 1. The Balaban J connectivity index is 2.33. The fourth-order valence-electron chi connectivity index (χ4n) is 1.65. The molecule has 1 unspecified atom stereocenters. The van der Waals surface area contributed by atoms with E-state index in [9.17, 15) is 4.79 Å². The van der Waals surface area contributed by atoms with E-state index in [1.807, 2.05) is 12.1 Å². The maximum atomic E-state index is 11.7. The summed E-state index contributed by atoms with van der Waals surface area (Å²) in [4.78, 5) is 16.0. The first-order valence-electron chi connectivity index (χ1n) is 5.79. The number of pyridine rings is 1. The predicted octanol–water partition coefficient (Wildman–Crippen LogP) is 0.917. The first-order valence-corrected chi connectivity index (χ1v) is 8.27. The van der Waals surface area contributed by atoms with Crippen LogP contribution in [-0.4, -0.2) is 40.9 Å². The van der Waals surface area contributed by atoms with Crippen LogP contribution in [-0.2, 0) is 4.74 Å². The van der Waals surface area contributed by atoms with Gasteiger partial charge < -0.3 is 0 Å². The molecular weight excluding hydrogens is 341 g/mol. The summed E-state index contributed by atoms with van der Waals surface area (Å²) in [6, 6.07) is 9.06. The van der Waals surface area contributed by atoms with E-state index in [4.69, 9.17) is 21.1 Å². The molecule has 0 aliphatic carbocycles. The molecule has 0 fully saturated rings. The molecule has 1 aromatic heterocycles. The molecule has 0 aliphatic rings. The van der Waals surface area contributed by atoms with Crippen LogP contribution in [0.4, 0.5) is 0 Å². The van der Waals surface area contributed by atoms with Gasteiger partial charge in [-0.25, -0.2) is 0 Å². The Bertz CT molecular complexity index is 634. The number of hydrogen-bond acceptors (Lipinski definition) is 4. The standard InChI is InChI=1S/C14H13AsClNO3/c1-19-12-8-9(5-6-11(12)16)15-13-10(14(18)20-2)4-3-7-17-13/h3-8,15H,1-2H3. The van der Waals surface area contributed by atoms with Gasteiger partial charge >= 0.3 is 128 Å². The van der Waals surface area contributed by atoms with Gasteiger partial charge in [0, 0.05) is 0 Å². The van der Waals surface area contributed by atoms with Crippen molar-refractivity contribution in [1.29, 1.82) is 0 Å². The monoisotopic (exact) mass is 353 g/mol. The molecule has 104 valence electrons. The average Bonchev–Trinajstić information content (AvgIpc) is 2.49. The summed E-state index contributed by atoms with van der Waals surface area (Å²) >= 11 is 5.23. The molecular formula is C14H13AsClNO3. The van der Waals surface area contributed by atoms with Gasteiger partial charge in [-0.1, -0.05) is 0 Å². The van der Waals surface area contributed by atoms with Crippen LogP contribution in [0.2, 0.25) is 5.02 Å². The molecule has 2 aromatic rings. The zero-order chi connectivity index (χ0) is 14.5. The van der Waals surface area contributed by atoms with Gasteiger partial charge in [-0.3, -0.25) is 0 Å². The molecule has 20 heavy (non-hydrogen) atoms. The summed E-state index contributed by atoms with van der Waals surface area (Å²) in [5.74, 6) is 0.265. The van der Waals surface area contributed by atoms with Gasteiger partial charge in [0.1, 0.15) is 0 Å². The number of esters is 1. The number of benzene rings is 1. The predicted molar refractivity (Wildman–Crippen MR) is 80.0 cm³/mol. The first kappa shape index (κ1) is 14.9. The number of halogens is 1. The maximum absolute atomic E-state index is 11.7. The second-order valence-corrected chi connectivity index (χ2v) is 7.00. The van der Waals surface area contributed by atoms with Crippen molar-refractivity contribution in [2.24, 2.45) is 0 Å². The normalized spacial score (nSPS) is 10.8. The molecule has 0 spiro atoms. The molecule has 0 N–H and O–H groups in total. The van der Waals surface area contributed by atoms with E-state index in [1.165, 1.54) is 7.11 Å². The van der Waals surface area contributed by atoms with E-state index in [0.29, 0.717) is 16.3 Å². The molecule has 1 heterocycles. The van der Waals surface area contributed by atoms with E-state index in [2.05, 4.69) is 4.98 Å². The molecule has 0 aliphatic heterocycles. The zero-order valence-electron chi connectivity index (χ0n) is 11.0. The Morgan fingerprint density at radius 2 is 2.10 bits per heavy atom. The van der Waals surface area contributed by atoms with Crippen molar-refractivity contribution >= 4 is 42.2 Å². The molecule has 1 atom stereocenters. The van der Waals surface area contributed by atoms with E-state index < -0.39 is 15.8 Å². The topological polar surface area (TPSA) is 48.4 Å². The molecule has 2 rings (SSSR count). The van der Waals surface area contributed by atoms with E-state index in [1.54, 1.807) is 31.5 Å². The van der Waals surface area contributed by atoms with E-state index in [-0.39, 0.29) is 5.97 Å². The third-order valence-electron chi connectivity index (χ3n) is 2.63. The Hall–Kier alpha value is -1.51. The molecule has 0 saturated carbocycles. The van der Waals surface area contributed by atoms with Crippen LogP contribution < -0.4 is 13.6 Å². The molecule has 0 amide bonds. The van der Waals surface area contributed by atoms with Gasteiger partial charge in [-0.15, -0.1) is 0 Å². The SMILES string of the molecule is COC(=O)c1cccnc1[AsH]c1ccc(Cl)c(OC)c1. The first-order chi connectivity index (χ1) is 9.65. The molecule has 4 nitrogen and oxygen atoms in total. The summed E-state index contributed by atoms with van der Waals surface area (Å²) in [7, 11) is 2.94. The zero-order valence-corrected chi connectivity index (χ0v) is 13.9. The van der Waals surface area contributed by atoms with Gasteiger partial charge in [-0.2, -0.15) is 0 Å². The fraction of sp³-hybridized carbons (Fsp3) is 0.143. The number of methoxy groups -OCH3 is 2. The Morgan fingerprint density at radius 1 is 1.30 bits per heavy atom. The van der Waals surface area contributed by atoms with Crippen LogP contribution in [0.5, 0.6) is 5.75 Å². The van der Waals surface area contributed by atoms with Crippen molar-refractivity contribution in [3.05, 3.63) is 47.1 Å². The molecule has 1 aromatic carbocycles. The summed E-state index contributed by atoms with van der Waals surface area (Å²) in [5, 5.41) is 0.567. The van der Waals surface area contributed by atoms with Gasteiger partial charge in [0.05, 0.1) is 0 Å². The number of rotatable bonds is 4. The minimum absolute atomic E-state index is 0.363. The van der Waals surface area contributed by atoms with Crippen molar-refractivity contribution in [2.45, 2.75) is 0 Å². The second kappa shape index (κ2) is 6.78. The molecule has 6 heteroatoms. The Labute approximate surface area is 128 Å². The average molecular weight is 354 g/mol. The van der Waals surface area contributed by atoms with Crippen LogP contribution >= 0.6 is 11.6 Å². The molecule has 0 saturated heterocycles. The summed E-state index contributed by atoms with van der Waals surface area (Å²) in [6.45, 7) is 0. The third kappa shape index (κ3) is 3.33. The van der Waals surface area contributed by atoms with Gasteiger partial charge in [-0.05, 0) is 0 Å². The third-order valence-corrected chi connectivity index (χ3v) is 5.53. The quantitative estimate of drug-likeness (QED) is 0.606. The van der Waals surface area contributed by atoms with Crippen molar-refractivity contribution in [2.75, 3.05) is 14.2 Å². The number of hydrogen-bond donors (Lipinski definition) is 0. The van der Waals surface area contributed by atoms with Gasteiger partial charge in [0.15, 0.2) is 0 Å². The number of carbonyl (C=O) groups excluding carboxylic acids is 1. The van der Waals surface area contributed by atoms with Gasteiger partial charge in [0.2, 0.25) is 0 Å². The molecule has 0 radical (unpaired) electrons. The van der Waals surface area contributed by atoms with Crippen LogP contribution in [0.3, 0.4) is 0 Å². The number of carbonyl (C=O) groups is 1. The second-order valence-electron chi connectivity index (χ2n) is 3.87. The fourth-order valence-corrected chi connectivity index (χ4v) is 4.16. The van der Waals surface area contributed by atoms with Crippen molar-refractivity contribution in [3.63, 3.8) is 0 Å². The summed E-state index contributed by atoms with van der Waals surface area (Å²) < 4.78 is 11.8. The van der Waals surface area contributed by atoms with E-state index in [0.717, 1.165) is 8.83 Å². The summed E-state index contributed by atoms with van der Waals surface area (Å²) in [5.41, 5.74) is 0.518. The summed E-state index contributed by atoms with van der Waals surface area (Å²) in [6.07, 6.45) is 1.68.